The summed E-state index contributed by atoms with van der Waals surface area (Å²) in [6.07, 6.45) is 1.07. The first-order valence-corrected chi connectivity index (χ1v) is 11.2. The lowest BCUT2D eigenvalue weighted by atomic mass is 10.1. The van der Waals surface area contributed by atoms with E-state index >= 15 is 0 Å². The van der Waals surface area contributed by atoms with Gasteiger partial charge in [0.15, 0.2) is 5.78 Å². The Morgan fingerprint density at radius 3 is 2.32 bits per heavy atom. The lowest BCUT2D eigenvalue weighted by molar-refractivity contribution is 0.0993. The van der Waals surface area contributed by atoms with Gasteiger partial charge in [0.2, 0.25) is 15.9 Å². The molecular formula is C19H19N3O4S2. The molecule has 2 aromatic carbocycles. The Morgan fingerprint density at radius 1 is 1.07 bits per heavy atom. The van der Waals surface area contributed by atoms with Gasteiger partial charge in [-0.2, -0.15) is 0 Å². The number of rotatable bonds is 7. The van der Waals surface area contributed by atoms with Crippen LogP contribution >= 0.6 is 11.8 Å². The van der Waals surface area contributed by atoms with E-state index < -0.39 is 15.3 Å². The second kappa shape index (κ2) is 8.15. The zero-order chi connectivity index (χ0) is 20.3. The summed E-state index contributed by atoms with van der Waals surface area (Å²) in [4.78, 5) is 12.6. The third kappa shape index (κ3) is 5.20. The van der Waals surface area contributed by atoms with Crippen molar-refractivity contribution < 1.29 is 17.6 Å². The summed E-state index contributed by atoms with van der Waals surface area (Å²) in [5.41, 5.74) is 2.82. The van der Waals surface area contributed by atoms with E-state index in [0.29, 0.717) is 22.4 Å². The average molecular weight is 418 g/mol. The first-order valence-electron chi connectivity index (χ1n) is 8.40. The van der Waals surface area contributed by atoms with Crippen LogP contribution in [0, 0.1) is 6.92 Å². The maximum Gasteiger partial charge on any atom is 0.277 e. The smallest absolute Gasteiger partial charge is 0.277 e. The Labute approximate surface area is 167 Å². The van der Waals surface area contributed by atoms with Crippen LogP contribution < -0.4 is 4.72 Å². The van der Waals surface area contributed by atoms with Crippen LogP contribution in [-0.4, -0.2) is 35.9 Å². The number of thioether (sulfide) groups is 1. The number of anilines is 1. The number of carbonyl (C=O) groups is 1. The zero-order valence-corrected chi connectivity index (χ0v) is 17.2. The van der Waals surface area contributed by atoms with Gasteiger partial charge in [0, 0.05) is 16.8 Å². The predicted molar refractivity (Wildman–Crippen MR) is 109 cm³/mol. The normalized spacial score (nSPS) is 12.5. The average Bonchev–Trinajstić information content (AvgIpc) is 3.09. The van der Waals surface area contributed by atoms with Crippen molar-refractivity contribution in [1.29, 1.82) is 0 Å². The number of ketones is 1. The highest BCUT2D eigenvalue weighted by atomic mass is 32.2. The summed E-state index contributed by atoms with van der Waals surface area (Å²) < 4.78 is 30.5. The summed E-state index contributed by atoms with van der Waals surface area (Å²) >= 11 is 1.18. The van der Waals surface area contributed by atoms with E-state index in [-0.39, 0.29) is 5.78 Å². The zero-order valence-electron chi connectivity index (χ0n) is 15.5. The molecule has 7 nitrogen and oxygen atoms in total. The highest BCUT2D eigenvalue weighted by molar-refractivity contribution is 8.00. The fraction of sp³-hybridized carbons (Fsp3) is 0.211. The number of aromatic nitrogens is 2. The summed E-state index contributed by atoms with van der Waals surface area (Å²) in [6, 6.07) is 14.0. The summed E-state index contributed by atoms with van der Waals surface area (Å²) in [5, 5.41) is 7.90. The van der Waals surface area contributed by atoms with Crippen molar-refractivity contribution in [2.24, 2.45) is 0 Å². The Hall–Kier alpha value is -2.65. The molecular weight excluding hydrogens is 398 g/mol. The van der Waals surface area contributed by atoms with Crippen LogP contribution in [0.1, 0.15) is 22.8 Å². The molecule has 0 unspecified atom stereocenters. The van der Waals surface area contributed by atoms with E-state index in [2.05, 4.69) is 14.9 Å². The summed E-state index contributed by atoms with van der Waals surface area (Å²) in [7, 11) is -3.36. The minimum absolute atomic E-state index is 0.119. The van der Waals surface area contributed by atoms with E-state index in [0.717, 1.165) is 17.4 Å². The van der Waals surface area contributed by atoms with Gasteiger partial charge in [-0.05, 0) is 50.2 Å². The standard InChI is InChI=1S/C19H19N3O4S2/c1-12-4-6-15(7-5-12)18-20-21-19(26-18)27-13(2)17(23)14-8-10-16(11-9-14)22-28(3,24)25/h4-11,13,22H,1-3H3/t13-/m1/s1. The first kappa shape index (κ1) is 20.1. The third-order valence-corrected chi connectivity index (χ3v) is 5.37. The van der Waals surface area contributed by atoms with Crippen molar-refractivity contribution in [3.8, 4) is 11.5 Å². The fourth-order valence-electron chi connectivity index (χ4n) is 2.43. The van der Waals surface area contributed by atoms with E-state index in [1.807, 2.05) is 31.2 Å². The SMILES string of the molecule is Cc1ccc(-c2nnc(S[C@H](C)C(=O)c3ccc(NS(C)(=O)=O)cc3)o2)cc1. The summed E-state index contributed by atoms with van der Waals surface area (Å²) in [5.74, 6) is 0.282. The number of carbonyl (C=O) groups excluding carboxylic acids is 1. The molecule has 0 saturated carbocycles. The molecule has 0 radical (unpaired) electrons. The molecule has 146 valence electrons. The number of aryl methyl sites for hydroxylation is 1. The van der Waals surface area contributed by atoms with Gasteiger partial charge in [0.1, 0.15) is 0 Å². The van der Waals surface area contributed by atoms with Crippen molar-refractivity contribution in [1.82, 2.24) is 10.2 Å². The molecule has 0 saturated heterocycles. The highest BCUT2D eigenvalue weighted by Gasteiger charge is 2.20. The largest absolute Gasteiger partial charge is 0.411 e. The van der Waals surface area contributed by atoms with Gasteiger partial charge >= 0.3 is 0 Å². The van der Waals surface area contributed by atoms with Gasteiger partial charge in [0.25, 0.3) is 5.22 Å². The third-order valence-electron chi connectivity index (χ3n) is 3.82. The maximum absolute atomic E-state index is 12.6. The number of nitrogens with one attached hydrogen (secondary N) is 1. The van der Waals surface area contributed by atoms with Gasteiger partial charge in [-0.1, -0.05) is 29.5 Å². The number of nitrogens with zero attached hydrogens (tertiary/aromatic N) is 2. The minimum atomic E-state index is -3.36. The minimum Gasteiger partial charge on any atom is -0.411 e. The highest BCUT2D eigenvalue weighted by Crippen LogP contribution is 2.28. The Balaban J connectivity index is 1.66. The van der Waals surface area contributed by atoms with E-state index in [1.54, 1.807) is 31.2 Å². The van der Waals surface area contributed by atoms with Crippen LogP contribution in [0.15, 0.2) is 58.2 Å². The molecule has 0 aliphatic rings. The Kier molecular flexibility index (Phi) is 5.85. The fourth-order valence-corrected chi connectivity index (χ4v) is 3.75. The molecule has 9 heteroatoms. The van der Waals surface area contributed by atoms with Crippen molar-refractivity contribution in [2.75, 3.05) is 11.0 Å². The lowest BCUT2D eigenvalue weighted by Gasteiger charge is -2.09. The number of sulfonamides is 1. The van der Waals surface area contributed by atoms with Crippen LogP contribution in [0.25, 0.3) is 11.5 Å². The monoisotopic (exact) mass is 417 g/mol. The van der Waals surface area contributed by atoms with Gasteiger partial charge < -0.3 is 4.42 Å². The van der Waals surface area contributed by atoms with Crippen LogP contribution in [0.3, 0.4) is 0 Å². The predicted octanol–water partition coefficient (Wildman–Crippen LogP) is 3.78. The molecule has 0 aliphatic carbocycles. The van der Waals surface area contributed by atoms with E-state index in [4.69, 9.17) is 4.42 Å². The number of hydrogen-bond donors (Lipinski definition) is 1. The molecule has 1 N–H and O–H groups in total. The molecule has 3 rings (SSSR count). The van der Waals surface area contributed by atoms with Crippen molar-refractivity contribution in [2.45, 2.75) is 24.3 Å². The van der Waals surface area contributed by atoms with Crippen molar-refractivity contribution in [3.63, 3.8) is 0 Å². The molecule has 1 heterocycles. The van der Waals surface area contributed by atoms with Gasteiger partial charge in [0.05, 0.1) is 11.5 Å². The second-order valence-corrected chi connectivity index (χ2v) is 9.36. The molecule has 3 aromatic rings. The second-order valence-electron chi connectivity index (χ2n) is 6.32. The number of benzene rings is 2. The van der Waals surface area contributed by atoms with Crippen LogP contribution in [0.4, 0.5) is 5.69 Å². The Morgan fingerprint density at radius 2 is 1.71 bits per heavy atom. The Bertz CT molecular complexity index is 1080. The van der Waals surface area contributed by atoms with Crippen molar-refractivity contribution >= 4 is 33.3 Å². The number of Topliss-reactive ketones (excluding diaryl/α,β-unsaturated/α-hetero) is 1. The molecule has 0 aliphatic heterocycles. The maximum atomic E-state index is 12.6. The lowest BCUT2D eigenvalue weighted by Crippen LogP contribution is -2.14. The molecule has 28 heavy (non-hydrogen) atoms. The number of hydrogen-bond acceptors (Lipinski definition) is 7. The molecule has 0 bridgehead atoms. The molecule has 1 atom stereocenters. The van der Waals surface area contributed by atoms with E-state index in [9.17, 15) is 13.2 Å². The van der Waals surface area contributed by atoms with Gasteiger partial charge in [-0.3, -0.25) is 9.52 Å². The molecule has 0 fully saturated rings. The molecule has 0 spiro atoms. The molecule has 0 amide bonds. The van der Waals surface area contributed by atoms with Gasteiger partial charge in [-0.25, -0.2) is 8.42 Å². The van der Waals surface area contributed by atoms with Crippen LogP contribution in [0.5, 0.6) is 0 Å². The van der Waals surface area contributed by atoms with E-state index in [1.165, 1.54) is 11.8 Å². The van der Waals surface area contributed by atoms with Crippen LogP contribution in [-0.2, 0) is 10.0 Å². The van der Waals surface area contributed by atoms with Crippen molar-refractivity contribution in [3.05, 3.63) is 59.7 Å². The quantitative estimate of drug-likeness (QED) is 0.461. The molecule has 1 aromatic heterocycles. The first-order chi connectivity index (χ1) is 13.2. The van der Waals surface area contributed by atoms with Gasteiger partial charge in [-0.15, -0.1) is 10.2 Å². The van der Waals surface area contributed by atoms with Crippen LogP contribution in [0.2, 0.25) is 0 Å². The summed E-state index contributed by atoms with van der Waals surface area (Å²) in [6.45, 7) is 3.75. The topological polar surface area (TPSA) is 102 Å².